The molecule has 1 aliphatic rings. The highest BCUT2D eigenvalue weighted by molar-refractivity contribution is 9.10. The number of fused-ring (bicyclic) bond motifs is 1. The molecule has 0 unspecified atom stereocenters. The molecule has 0 saturated carbocycles. The Morgan fingerprint density at radius 2 is 2.15 bits per heavy atom. The molecule has 5 nitrogen and oxygen atoms in total. The van der Waals surface area contributed by atoms with Crippen molar-refractivity contribution in [1.29, 1.82) is 5.26 Å². The van der Waals surface area contributed by atoms with Crippen molar-refractivity contribution in [3.05, 3.63) is 46.1 Å². The number of anilines is 1. The van der Waals surface area contributed by atoms with Gasteiger partial charge in [-0.1, -0.05) is 6.07 Å². The summed E-state index contributed by atoms with van der Waals surface area (Å²) in [4.78, 5) is 4.20. The molecule has 1 aromatic heterocycles. The summed E-state index contributed by atoms with van der Waals surface area (Å²) in [6.07, 6.45) is 1.53. The molecule has 0 bridgehead atoms. The van der Waals surface area contributed by atoms with Crippen molar-refractivity contribution in [2.75, 3.05) is 12.1 Å². The molecule has 1 aromatic carbocycles. The Labute approximate surface area is 124 Å². The van der Waals surface area contributed by atoms with Gasteiger partial charge >= 0.3 is 0 Å². The average molecular weight is 332 g/mol. The summed E-state index contributed by atoms with van der Waals surface area (Å²) in [5.74, 6) is 2.23. The van der Waals surface area contributed by atoms with E-state index in [-0.39, 0.29) is 6.79 Å². The molecule has 0 spiro atoms. The Kier molecular flexibility index (Phi) is 3.44. The van der Waals surface area contributed by atoms with Gasteiger partial charge < -0.3 is 14.8 Å². The molecule has 0 aliphatic carbocycles. The van der Waals surface area contributed by atoms with Crippen LogP contribution in [0.1, 0.15) is 11.1 Å². The Bertz CT molecular complexity index is 697. The smallest absolute Gasteiger partial charge is 0.231 e. The molecule has 0 amide bonds. The number of nitriles is 1. The minimum atomic E-state index is 0.273. The molecular formula is C14H10BrN3O2. The van der Waals surface area contributed by atoms with Gasteiger partial charge in [-0.2, -0.15) is 5.26 Å². The van der Waals surface area contributed by atoms with Gasteiger partial charge in [0.2, 0.25) is 6.79 Å². The number of ether oxygens (including phenoxy) is 2. The Morgan fingerprint density at radius 1 is 1.30 bits per heavy atom. The van der Waals surface area contributed by atoms with Crippen LogP contribution in [0.5, 0.6) is 11.5 Å². The van der Waals surface area contributed by atoms with Crippen LogP contribution in [0.4, 0.5) is 5.82 Å². The largest absolute Gasteiger partial charge is 0.454 e. The summed E-state index contributed by atoms with van der Waals surface area (Å²) in [6, 6.07) is 9.57. The maximum atomic E-state index is 8.79. The van der Waals surface area contributed by atoms with E-state index in [1.54, 1.807) is 6.07 Å². The number of pyridine rings is 1. The molecule has 2 heterocycles. The summed E-state index contributed by atoms with van der Waals surface area (Å²) in [5.41, 5.74) is 1.58. The number of nitrogens with zero attached hydrogens (tertiary/aromatic N) is 2. The number of halogens is 1. The lowest BCUT2D eigenvalue weighted by atomic mass is 10.2. The molecule has 0 radical (unpaired) electrons. The van der Waals surface area contributed by atoms with E-state index in [2.05, 4.69) is 26.2 Å². The number of hydrogen-bond acceptors (Lipinski definition) is 5. The van der Waals surface area contributed by atoms with E-state index in [0.29, 0.717) is 17.9 Å². The lowest BCUT2D eigenvalue weighted by Gasteiger charge is -2.08. The minimum Gasteiger partial charge on any atom is -0.454 e. The van der Waals surface area contributed by atoms with E-state index >= 15 is 0 Å². The molecule has 6 heteroatoms. The lowest BCUT2D eigenvalue weighted by molar-refractivity contribution is 0.174. The summed E-state index contributed by atoms with van der Waals surface area (Å²) in [5, 5.41) is 12.0. The zero-order valence-corrected chi connectivity index (χ0v) is 12.0. The van der Waals surface area contributed by atoms with E-state index in [1.807, 2.05) is 24.3 Å². The maximum Gasteiger partial charge on any atom is 0.231 e. The van der Waals surface area contributed by atoms with Gasteiger partial charge in [-0.15, -0.1) is 0 Å². The first kappa shape index (κ1) is 12.8. The topological polar surface area (TPSA) is 67.2 Å². The van der Waals surface area contributed by atoms with Crippen molar-refractivity contribution in [2.24, 2.45) is 0 Å². The van der Waals surface area contributed by atoms with Crippen LogP contribution in [0.2, 0.25) is 0 Å². The van der Waals surface area contributed by atoms with Gasteiger partial charge in [0, 0.05) is 12.7 Å². The molecular weight excluding hydrogens is 322 g/mol. The van der Waals surface area contributed by atoms with E-state index in [1.165, 1.54) is 6.20 Å². The summed E-state index contributed by atoms with van der Waals surface area (Å²) >= 11 is 3.39. The van der Waals surface area contributed by atoms with Crippen LogP contribution in [0.15, 0.2) is 34.9 Å². The zero-order valence-electron chi connectivity index (χ0n) is 10.4. The fourth-order valence-corrected chi connectivity index (χ4v) is 2.36. The standard InChI is InChI=1S/C14H10BrN3O2/c15-11-3-10(5-16)7-18-14(11)17-6-9-1-2-12-13(4-9)20-8-19-12/h1-4,7H,6,8H2,(H,17,18). The quantitative estimate of drug-likeness (QED) is 0.936. The first-order chi connectivity index (χ1) is 9.76. The second-order valence-corrected chi connectivity index (χ2v) is 5.06. The predicted octanol–water partition coefficient (Wildman–Crippen LogP) is 3.06. The van der Waals surface area contributed by atoms with Crippen molar-refractivity contribution in [3.63, 3.8) is 0 Å². The van der Waals surface area contributed by atoms with Gasteiger partial charge in [0.1, 0.15) is 11.9 Å². The van der Waals surface area contributed by atoms with Crippen molar-refractivity contribution >= 4 is 21.7 Å². The third kappa shape index (κ3) is 2.53. The number of nitrogens with one attached hydrogen (secondary N) is 1. The van der Waals surface area contributed by atoms with Crippen LogP contribution in [0.3, 0.4) is 0 Å². The van der Waals surface area contributed by atoms with Gasteiger partial charge in [0.05, 0.1) is 10.0 Å². The molecule has 100 valence electrons. The molecule has 1 aliphatic heterocycles. The third-order valence-electron chi connectivity index (χ3n) is 2.87. The molecule has 2 aromatic rings. The number of rotatable bonds is 3. The van der Waals surface area contributed by atoms with E-state index in [9.17, 15) is 0 Å². The van der Waals surface area contributed by atoms with E-state index in [4.69, 9.17) is 14.7 Å². The fraction of sp³-hybridized carbons (Fsp3) is 0.143. The van der Waals surface area contributed by atoms with E-state index in [0.717, 1.165) is 21.5 Å². The van der Waals surface area contributed by atoms with E-state index < -0.39 is 0 Å². The predicted molar refractivity (Wildman–Crippen MR) is 76.5 cm³/mol. The normalized spacial score (nSPS) is 12.0. The molecule has 3 rings (SSSR count). The van der Waals surface area contributed by atoms with Gasteiger partial charge in [-0.3, -0.25) is 0 Å². The number of hydrogen-bond donors (Lipinski definition) is 1. The Hall–Kier alpha value is -2.26. The van der Waals surface area contributed by atoms with Crippen molar-refractivity contribution in [1.82, 2.24) is 4.98 Å². The van der Waals surface area contributed by atoms with Crippen LogP contribution < -0.4 is 14.8 Å². The van der Waals surface area contributed by atoms with Gasteiger partial charge in [0.25, 0.3) is 0 Å². The SMILES string of the molecule is N#Cc1cnc(NCc2ccc3c(c2)OCO3)c(Br)c1. The maximum absolute atomic E-state index is 8.79. The molecule has 0 saturated heterocycles. The van der Waals surface area contributed by atoms with Crippen molar-refractivity contribution in [3.8, 4) is 17.6 Å². The number of aromatic nitrogens is 1. The fourth-order valence-electron chi connectivity index (χ4n) is 1.87. The van der Waals surface area contributed by atoms with Gasteiger partial charge in [-0.05, 0) is 39.7 Å². The Balaban J connectivity index is 1.72. The van der Waals surface area contributed by atoms with Crippen LogP contribution in [-0.4, -0.2) is 11.8 Å². The van der Waals surface area contributed by atoms with Gasteiger partial charge in [-0.25, -0.2) is 4.98 Å². The lowest BCUT2D eigenvalue weighted by Crippen LogP contribution is -2.02. The monoisotopic (exact) mass is 331 g/mol. The minimum absolute atomic E-state index is 0.273. The zero-order chi connectivity index (χ0) is 13.9. The van der Waals surface area contributed by atoms with Crippen molar-refractivity contribution in [2.45, 2.75) is 6.54 Å². The first-order valence-corrected chi connectivity index (χ1v) is 6.73. The van der Waals surface area contributed by atoms with Crippen LogP contribution in [-0.2, 0) is 6.54 Å². The van der Waals surface area contributed by atoms with Crippen LogP contribution in [0, 0.1) is 11.3 Å². The average Bonchev–Trinajstić information content (AvgIpc) is 2.93. The first-order valence-electron chi connectivity index (χ1n) is 5.94. The Morgan fingerprint density at radius 3 is 2.95 bits per heavy atom. The van der Waals surface area contributed by atoms with Crippen molar-refractivity contribution < 1.29 is 9.47 Å². The third-order valence-corrected chi connectivity index (χ3v) is 3.47. The van der Waals surface area contributed by atoms with Crippen LogP contribution >= 0.6 is 15.9 Å². The summed E-state index contributed by atoms with van der Waals surface area (Å²) in [6.45, 7) is 0.878. The summed E-state index contributed by atoms with van der Waals surface area (Å²) in [7, 11) is 0. The second-order valence-electron chi connectivity index (χ2n) is 4.21. The number of benzene rings is 1. The second kappa shape index (κ2) is 5.39. The molecule has 0 fully saturated rings. The highest BCUT2D eigenvalue weighted by atomic mass is 79.9. The highest BCUT2D eigenvalue weighted by Gasteiger charge is 2.13. The highest BCUT2D eigenvalue weighted by Crippen LogP contribution is 2.32. The molecule has 0 atom stereocenters. The van der Waals surface area contributed by atoms with Crippen LogP contribution in [0.25, 0.3) is 0 Å². The summed E-state index contributed by atoms with van der Waals surface area (Å²) < 4.78 is 11.4. The molecule has 20 heavy (non-hydrogen) atoms. The van der Waals surface area contributed by atoms with Gasteiger partial charge in [0.15, 0.2) is 11.5 Å². The molecule has 1 N–H and O–H groups in total.